The van der Waals surface area contributed by atoms with Crippen molar-refractivity contribution < 1.29 is 9.31 Å². The lowest BCUT2D eigenvalue weighted by atomic mass is 9.72. The Labute approximate surface area is 165 Å². The van der Waals surface area contributed by atoms with Crippen LogP contribution in [0.2, 0.25) is 0 Å². The van der Waals surface area contributed by atoms with E-state index in [1.54, 1.807) is 0 Å². The van der Waals surface area contributed by atoms with Crippen LogP contribution in [0.3, 0.4) is 0 Å². The molecule has 3 rings (SSSR count). The van der Waals surface area contributed by atoms with Crippen molar-refractivity contribution in [1.29, 1.82) is 0 Å². The summed E-state index contributed by atoms with van der Waals surface area (Å²) in [5, 5.41) is 2.48. The average Bonchev–Trinajstić information content (AvgIpc) is 2.71. The molecule has 1 fully saturated rings. The van der Waals surface area contributed by atoms with E-state index in [1.807, 2.05) is 0 Å². The Morgan fingerprint density at radius 2 is 1.19 bits per heavy atom. The Kier molecular flexibility index (Phi) is 4.61. The zero-order valence-electron chi connectivity index (χ0n) is 18.8. The van der Waals surface area contributed by atoms with E-state index in [0.29, 0.717) is 0 Å². The topological polar surface area (TPSA) is 18.5 Å². The number of rotatable bonds is 1. The molecule has 0 spiro atoms. The Morgan fingerprint density at radius 3 is 1.67 bits per heavy atom. The first kappa shape index (κ1) is 20.4. The molecule has 146 valence electrons. The fraction of sp³-hybridized carbons (Fsp3) is 0.583. The fourth-order valence-electron chi connectivity index (χ4n) is 3.46. The van der Waals surface area contributed by atoms with E-state index in [4.69, 9.17) is 9.31 Å². The molecule has 1 saturated heterocycles. The zero-order valence-corrected chi connectivity index (χ0v) is 18.8. The average molecular weight is 366 g/mol. The second-order valence-corrected chi connectivity index (χ2v) is 11.1. The van der Waals surface area contributed by atoms with Crippen LogP contribution in [0.15, 0.2) is 30.3 Å². The SMILES string of the molecule is CC(C)(C)c1ccc2c(B3OC(C)(C)C(C)(C)O3)cc(C(C)(C)C)cc2c1. The minimum absolute atomic E-state index is 0.0598. The number of fused-ring (bicyclic) bond motifs is 1. The molecular formula is C24H35BO2. The van der Waals surface area contributed by atoms with Gasteiger partial charge in [-0.2, -0.15) is 0 Å². The van der Waals surface area contributed by atoms with Crippen molar-refractivity contribution in [3.05, 3.63) is 41.5 Å². The Morgan fingerprint density at radius 1 is 0.704 bits per heavy atom. The third-order valence-corrected chi connectivity index (χ3v) is 6.22. The lowest BCUT2D eigenvalue weighted by Crippen LogP contribution is -2.41. The van der Waals surface area contributed by atoms with Crippen LogP contribution in [0.5, 0.6) is 0 Å². The summed E-state index contributed by atoms with van der Waals surface area (Å²) >= 11 is 0. The smallest absolute Gasteiger partial charge is 0.399 e. The number of hydrogen-bond acceptors (Lipinski definition) is 2. The van der Waals surface area contributed by atoms with Gasteiger partial charge in [-0.15, -0.1) is 0 Å². The maximum Gasteiger partial charge on any atom is 0.495 e. The molecule has 0 amide bonds. The highest BCUT2D eigenvalue weighted by Crippen LogP contribution is 2.38. The molecule has 0 atom stereocenters. The normalized spacial score (nSPS) is 19.7. The maximum atomic E-state index is 6.40. The number of hydrogen-bond donors (Lipinski definition) is 0. The van der Waals surface area contributed by atoms with Crippen molar-refractivity contribution in [1.82, 2.24) is 0 Å². The van der Waals surface area contributed by atoms with Crippen LogP contribution in [-0.2, 0) is 20.1 Å². The molecule has 0 radical (unpaired) electrons. The van der Waals surface area contributed by atoms with Gasteiger partial charge in [0.05, 0.1) is 11.2 Å². The summed E-state index contributed by atoms with van der Waals surface area (Å²) < 4.78 is 12.8. The third kappa shape index (κ3) is 3.69. The van der Waals surface area contributed by atoms with E-state index in [1.165, 1.54) is 21.9 Å². The highest BCUT2D eigenvalue weighted by molar-refractivity contribution is 6.65. The standard InChI is InChI=1S/C24H35BO2/c1-21(2,3)17-11-12-19-16(13-17)14-18(22(4,5)6)15-20(19)25-26-23(7,8)24(9,10)27-25/h11-15H,1-10H3. The molecular weight excluding hydrogens is 331 g/mol. The van der Waals surface area contributed by atoms with Crippen molar-refractivity contribution >= 4 is 23.4 Å². The molecule has 0 saturated carbocycles. The van der Waals surface area contributed by atoms with Gasteiger partial charge >= 0.3 is 7.12 Å². The van der Waals surface area contributed by atoms with E-state index in [9.17, 15) is 0 Å². The van der Waals surface area contributed by atoms with Crippen molar-refractivity contribution in [2.45, 2.75) is 91.3 Å². The maximum absolute atomic E-state index is 6.40. The highest BCUT2D eigenvalue weighted by atomic mass is 16.7. The molecule has 1 aliphatic rings. The van der Waals surface area contributed by atoms with Gasteiger partial charge in [0.1, 0.15) is 0 Å². The van der Waals surface area contributed by atoms with Crippen LogP contribution in [0.4, 0.5) is 0 Å². The molecule has 2 nitrogen and oxygen atoms in total. The van der Waals surface area contributed by atoms with E-state index in [0.717, 1.165) is 5.46 Å². The first-order chi connectivity index (χ1) is 12.1. The summed E-state index contributed by atoms with van der Waals surface area (Å²) in [6, 6.07) is 11.4. The summed E-state index contributed by atoms with van der Waals surface area (Å²) in [6.45, 7) is 22.0. The van der Waals surface area contributed by atoms with Gasteiger partial charge in [0.15, 0.2) is 0 Å². The van der Waals surface area contributed by atoms with Gasteiger partial charge in [0.25, 0.3) is 0 Å². The Hall–Kier alpha value is -1.32. The molecule has 0 bridgehead atoms. The molecule has 2 aromatic rings. The van der Waals surface area contributed by atoms with Crippen LogP contribution in [0.25, 0.3) is 10.8 Å². The molecule has 2 aromatic carbocycles. The predicted octanol–water partition coefficient (Wildman–Crippen LogP) is 5.73. The van der Waals surface area contributed by atoms with Gasteiger partial charge < -0.3 is 9.31 Å². The van der Waals surface area contributed by atoms with Crippen LogP contribution < -0.4 is 5.46 Å². The van der Waals surface area contributed by atoms with Crippen LogP contribution in [0, 0.1) is 0 Å². The minimum atomic E-state index is -0.347. The highest BCUT2D eigenvalue weighted by Gasteiger charge is 2.52. The summed E-state index contributed by atoms with van der Waals surface area (Å²) in [5.74, 6) is 0. The Bertz CT molecular complexity index is 845. The van der Waals surface area contributed by atoms with Crippen LogP contribution >= 0.6 is 0 Å². The van der Waals surface area contributed by atoms with Crippen molar-refractivity contribution in [3.63, 3.8) is 0 Å². The molecule has 0 unspecified atom stereocenters. The second-order valence-electron chi connectivity index (χ2n) is 11.1. The van der Waals surface area contributed by atoms with Crippen LogP contribution in [-0.4, -0.2) is 18.3 Å². The summed E-state index contributed by atoms with van der Waals surface area (Å²) in [6.07, 6.45) is 0. The summed E-state index contributed by atoms with van der Waals surface area (Å²) in [5.41, 5.74) is 3.30. The van der Waals surface area contributed by atoms with Gasteiger partial charge in [0, 0.05) is 0 Å². The van der Waals surface area contributed by atoms with Crippen molar-refractivity contribution in [2.75, 3.05) is 0 Å². The summed E-state index contributed by atoms with van der Waals surface area (Å²) in [4.78, 5) is 0. The first-order valence-electron chi connectivity index (χ1n) is 10.1. The van der Waals surface area contributed by atoms with Gasteiger partial charge in [-0.05, 0) is 65.9 Å². The zero-order chi connectivity index (χ0) is 20.4. The van der Waals surface area contributed by atoms with Crippen molar-refractivity contribution in [2.24, 2.45) is 0 Å². The quantitative estimate of drug-likeness (QED) is 0.600. The largest absolute Gasteiger partial charge is 0.495 e. The minimum Gasteiger partial charge on any atom is -0.399 e. The van der Waals surface area contributed by atoms with Gasteiger partial charge in [-0.3, -0.25) is 0 Å². The van der Waals surface area contributed by atoms with E-state index in [2.05, 4.69) is 99.6 Å². The number of benzene rings is 2. The lowest BCUT2D eigenvalue weighted by Gasteiger charge is -2.32. The van der Waals surface area contributed by atoms with Gasteiger partial charge in [-0.1, -0.05) is 71.9 Å². The Balaban J connectivity index is 2.22. The fourth-order valence-corrected chi connectivity index (χ4v) is 3.46. The molecule has 27 heavy (non-hydrogen) atoms. The lowest BCUT2D eigenvalue weighted by molar-refractivity contribution is 0.00578. The molecule has 0 aliphatic carbocycles. The van der Waals surface area contributed by atoms with E-state index < -0.39 is 0 Å². The van der Waals surface area contributed by atoms with Crippen LogP contribution in [0.1, 0.15) is 80.4 Å². The van der Waals surface area contributed by atoms with E-state index >= 15 is 0 Å². The second kappa shape index (κ2) is 6.09. The summed E-state index contributed by atoms with van der Waals surface area (Å²) in [7, 11) is -0.347. The van der Waals surface area contributed by atoms with Crippen molar-refractivity contribution in [3.8, 4) is 0 Å². The van der Waals surface area contributed by atoms with E-state index in [-0.39, 0.29) is 29.2 Å². The molecule has 1 aliphatic heterocycles. The molecule has 1 heterocycles. The molecule has 0 N–H and O–H groups in total. The first-order valence-corrected chi connectivity index (χ1v) is 10.1. The molecule has 3 heteroatoms. The van der Waals surface area contributed by atoms with Gasteiger partial charge in [0.2, 0.25) is 0 Å². The monoisotopic (exact) mass is 366 g/mol. The predicted molar refractivity (Wildman–Crippen MR) is 117 cm³/mol. The molecule has 0 aromatic heterocycles. The van der Waals surface area contributed by atoms with Gasteiger partial charge in [-0.25, -0.2) is 0 Å². The third-order valence-electron chi connectivity index (χ3n) is 6.22.